The third-order valence-corrected chi connectivity index (χ3v) is 5.24. The van der Waals surface area contributed by atoms with Gasteiger partial charge in [-0.2, -0.15) is 22.0 Å². The van der Waals surface area contributed by atoms with Crippen LogP contribution in [-0.2, 0) is 9.53 Å². The van der Waals surface area contributed by atoms with Gasteiger partial charge in [0.15, 0.2) is 5.60 Å². The first-order valence-corrected chi connectivity index (χ1v) is 7.41. The Labute approximate surface area is 130 Å². The zero-order chi connectivity index (χ0) is 17.7. The fourth-order valence-electron chi connectivity index (χ4n) is 3.81. The van der Waals surface area contributed by atoms with Gasteiger partial charge in [0.25, 0.3) is 0 Å². The fourth-order valence-corrected chi connectivity index (χ4v) is 3.81. The molecule has 3 nitrogen and oxygen atoms in total. The summed E-state index contributed by atoms with van der Waals surface area (Å²) in [6, 6.07) is 0. The molecule has 23 heavy (non-hydrogen) atoms. The van der Waals surface area contributed by atoms with Crippen LogP contribution in [0.3, 0.4) is 0 Å². The second-order valence-electron chi connectivity index (χ2n) is 6.58. The topological polar surface area (TPSA) is 46.5 Å². The van der Waals surface area contributed by atoms with Crippen LogP contribution in [0.5, 0.6) is 0 Å². The van der Waals surface area contributed by atoms with Crippen LogP contribution >= 0.6 is 0 Å². The molecule has 3 aliphatic carbocycles. The highest BCUT2D eigenvalue weighted by atomic mass is 19.4. The minimum atomic E-state index is -5.57. The van der Waals surface area contributed by atoms with Gasteiger partial charge in [-0.05, 0) is 44.9 Å². The van der Waals surface area contributed by atoms with Crippen molar-refractivity contribution in [3.05, 3.63) is 12.7 Å². The number of rotatable bonds is 4. The zero-order valence-corrected chi connectivity index (χ0v) is 12.6. The van der Waals surface area contributed by atoms with Crippen molar-refractivity contribution in [2.45, 2.75) is 62.3 Å². The molecule has 3 fully saturated rings. The van der Waals surface area contributed by atoms with E-state index in [0.29, 0.717) is 18.9 Å². The summed E-state index contributed by atoms with van der Waals surface area (Å²) in [6.45, 7) is 3.13. The number of carbonyl (C=O) groups excluding carboxylic acids is 1. The number of esters is 1. The van der Waals surface area contributed by atoms with Crippen LogP contribution < -0.4 is 0 Å². The normalized spacial score (nSPS) is 33.9. The number of alkyl halides is 5. The molecule has 3 rings (SSSR count). The Balaban J connectivity index is 2.53. The van der Waals surface area contributed by atoms with Crippen LogP contribution in [0.4, 0.5) is 22.0 Å². The number of halogens is 5. The molecule has 2 unspecified atom stereocenters. The summed E-state index contributed by atoms with van der Waals surface area (Å²) in [5.74, 6) is -7.08. The minimum absolute atomic E-state index is 0.0266. The number of hydrogen-bond donors (Lipinski definition) is 1. The van der Waals surface area contributed by atoms with Crippen molar-refractivity contribution < 1.29 is 36.6 Å². The average Bonchev–Trinajstić information content (AvgIpc) is 2.46. The molecule has 1 N–H and O–H groups in total. The molecule has 0 aromatic rings. The smallest absolute Gasteiger partial charge is 0.423 e. The first kappa shape index (κ1) is 18.2. The Morgan fingerprint density at radius 2 is 1.74 bits per heavy atom. The second-order valence-corrected chi connectivity index (χ2v) is 6.58. The van der Waals surface area contributed by atoms with Gasteiger partial charge in [0, 0.05) is 12.0 Å². The van der Waals surface area contributed by atoms with Gasteiger partial charge >= 0.3 is 18.1 Å². The van der Waals surface area contributed by atoms with Crippen molar-refractivity contribution in [3.63, 3.8) is 0 Å². The number of ether oxygens (including phenoxy) is 1. The molecule has 0 saturated heterocycles. The quantitative estimate of drug-likeness (QED) is 0.482. The maximum Gasteiger partial charge on any atom is 0.423 e. The van der Waals surface area contributed by atoms with Gasteiger partial charge in [0.2, 0.25) is 5.60 Å². The highest BCUT2D eigenvalue weighted by molar-refractivity contribution is 5.81. The van der Waals surface area contributed by atoms with Gasteiger partial charge in [-0.15, -0.1) is 0 Å². The Morgan fingerprint density at radius 3 is 2.09 bits per heavy atom. The number of carbonyl (C=O) groups is 1. The van der Waals surface area contributed by atoms with E-state index in [1.807, 2.05) is 0 Å². The lowest BCUT2D eigenvalue weighted by Gasteiger charge is -2.56. The van der Waals surface area contributed by atoms with Gasteiger partial charge in [0.05, 0.1) is 0 Å². The first-order chi connectivity index (χ1) is 10.4. The van der Waals surface area contributed by atoms with Crippen molar-refractivity contribution >= 4 is 5.97 Å². The van der Waals surface area contributed by atoms with Gasteiger partial charge in [-0.1, -0.05) is 6.58 Å². The summed E-state index contributed by atoms with van der Waals surface area (Å²) < 4.78 is 73.7. The van der Waals surface area contributed by atoms with E-state index in [0.717, 1.165) is 0 Å². The summed E-state index contributed by atoms with van der Waals surface area (Å²) in [7, 11) is 0. The molecule has 8 heteroatoms. The molecule has 3 aliphatic rings. The molecule has 132 valence electrons. The van der Waals surface area contributed by atoms with Crippen molar-refractivity contribution in [2.24, 2.45) is 11.8 Å². The van der Waals surface area contributed by atoms with Crippen LogP contribution in [0, 0.1) is 11.8 Å². The summed E-state index contributed by atoms with van der Waals surface area (Å²) in [6.07, 6.45) is -3.65. The lowest BCUT2D eigenvalue weighted by molar-refractivity contribution is -0.376. The van der Waals surface area contributed by atoms with Gasteiger partial charge in [0.1, 0.15) is 0 Å². The molecule has 0 aromatic heterocycles. The largest absolute Gasteiger partial charge is 0.449 e. The van der Waals surface area contributed by atoms with Crippen LogP contribution in [0.15, 0.2) is 12.7 Å². The predicted octanol–water partition coefficient (Wildman–Crippen LogP) is 3.61. The van der Waals surface area contributed by atoms with E-state index < -0.39 is 41.6 Å². The van der Waals surface area contributed by atoms with Gasteiger partial charge < -0.3 is 9.84 Å². The number of aliphatic hydroxyl groups is 1. The van der Waals surface area contributed by atoms with E-state index in [1.54, 1.807) is 0 Å². The van der Waals surface area contributed by atoms with E-state index >= 15 is 0 Å². The number of hydrogen-bond acceptors (Lipinski definition) is 3. The highest BCUT2D eigenvalue weighted by Crippen LogP contribution is 2.60. The summed E-state index contributed by atoms with van der Waals surface area (Å²) in [5.41, 5.74) is -6.97. The Morgan fingerprint density at radius 1 is 1.22 bits per heavy atom. The lowest BCUT2D eigenvalue weighted by Crippen LogP contribution is -2.72. The molecular weight excluding hydrogens is 323 g/mol. The van der Waals surface area contributed by atoms with Crippen molar-refractivity contribution in [1.29, 1.82) is 0 Å². The average molecular weight is 342 g/mol. The molecule has 0 aliphatic heterocycles. The molecule has 0 spiro atoms. The van der Waals surface area contributed by atoms with E-state index in [9.17, 15) is 31.9 Å². The zero-order valence-electron chi connectivity index (χ0n) is 12.6. The van der Waals surface area contributed by atoms with Crippen molar-refractivity contribution in [2.75, 3.05) is 0 Å². The lowest BCUT2D eigenvalue weighted by atomic mass is 9.57. The maximum atomic E-state index is 14.9. The molecular formula is C15H19F5O3. The summed E-state index contributed by atoms with van der Waals surface area (Å²) in [4.78, 5) is 11.5. The van der Waals surface area contributed by atoms with E-state index in [-0.39, 0.29) is 25.7 Å². The third-order valence-electron chi connectivity index (χ3n) is 5.24. The molecule has 0 aromatic carbocycles. The molecule has 2 bridgehead atoms. The Kier molecular flexibility index (Phi) is 4.29. The van der Waals surface area contributed by atoms with Crippen molar-refractivity contribution in [3.8, 4) is 0 Å². The van der Waals surface area contributed by atoms with Gasteiger partial charge in [-0.25, -0.2) is 4.79 Å². The molecule has 2 atom stereocenters. The Hall–Kier alpha value is -1.18. The first-order valence-electron chi connectivity index (χ1n) is 7.41. The molecule has 0 amide bonds. The molecule has 0 radical (unpaired) electrons. The van der Waals surface area contributed by atoms with E-state index in [4.69, 9.17) is 4.74 Å². The van der Waals surface area contributed by atoms with Crippen LogP contribution in [0.1, 0.15) is 39.0 Å². The minimum Gasteiger partial charge on any atom is -0.449 e. The molecule has 0 heterocycles. The Bertz CT molecular complexity index is 492. The SMILES string of the molecule is C=CC(=O)OC1(C(F)(F)C(C)(O)C(F)(F)F)CC2CCC1CC2. The van der Waals surface area contributed by atoms with Crippen molar-refractivity contribution in [1.82, 2.24) is 0 Å². The number of fused-ring (bicyclic) bond motifs is 3. The molecule has 3 saturated carbocycles. The van der Waals surface area contributed by atoms with Crippen LogP contribution in [-0.4, -0.2) is 34.4 Å². The standard InChI is InChI=1S/C15H19F5O3/c1-3-11(21)23-13(8-9-4-6-10(13)7-5-9)14(16,17)12(2,22)15(18,19)20/h3,9-10,22H,1,4-8H2,2H3. The van der Waals surface area contributed by atoms with E-state index in [2.05, 4.69) is 6.58 Å². The van der Waals surface area contributed by atoms with E-state index in [1.165, 1.54) is 0 Å². The van der Waals surface area contributed by atoms with Crippen LogP contribution in [0.25, 0.3) is 0 Å². The monoisotopic (exact) mass is 342 g/mol. The summed E-state index contributed by atoms with van der Waals surface area (Å²) >= 11 is 0. The fraction of sp³-hybridized carbons (Fsp3) is 0.800. The second kappa shape index (κ2) is 5.43. The summed E-state index contributed by atoms with van der Waals surface area (Å²) in [5, 5.41) is 9.62. The van der Waals surface area contributed by atoms with Crippen LogP contribution in [0.2, 0.25) is 0 Å². The van der Waals surface area contributed by atoms with Gasteiger partial charge in [-0.3, -0.25) is 0 Å². The predicted molar refractivity (Wildman–Crippen MR) is 70.7 cm³/mol. The highest BCUT2D eigenvalue weighted by Gasteiger charge is 2.77. The maximum absolute atomic E-state index is 14.9. The third kappa shape index (κ3) is 2.55.